The summed E-state index contributed by atoms with van der Waals surface area (Å²) < 4.78 is 5.97. The second kappa shape index (κ2) is 8.85. The van der Waals surface area contributed by atoms with Gasteiger partial charge in [-0.2, -0.15) is 0 Å². The topological polar surface area (TPSA) is 45.5 Å². The Kier molecular flexibility index (Phi) is 6.82. The Morgan fingerprint density at radius 3 is 2.50 bits per heavy atom. The Hall–Kier alpha value is -1.85. The van der Waals surface area contributed by atoms with Crippen molar-refractivity contribution >= 4 is 27.9 Å². The quantitative estimate of drug-likeness (QED) is 0.725. The van der Waals surface area contributed by atoms with Gasteiger partial charge in [0.1, 0.15) is 5.76 Å². The highest BCUT2D eigenvalue weighted by Crippen LogP contribution is 2.18. The van der Waals surface area contributed by atoms with Crippen molar-refractivity contribution < 1.29 is 9.21 Å². The van der Waals surface area contributed by atoms with E-state index in [1.54, 1.807) is 18.2 Å². The molecular weight excluding hydrogens is 368 g/mol. The minimum absolute atomic E-state index is 0.131. The summed E-state index contributed by atoms with van der Waals surface area (Å²) in [4.78, 5) is 14.1. The van der Waals surface area contributed by atoms with Crippen LogP contribution in [0.15, 0.2) is 51.6 Å². The molecule has 0 saturated carbocycles. The second-order valence-electron chi connectivity index (χ2n) is 5.79. The zero-order valence-corrected chi connectivity index (χ0v) is 15.8. The van der Waals surface area contributed by atoms with Gasteiger partial charge in [0, 0.05) is 12.6 Å². The number of likely N-dealkylation sites (N-methyl/N-ethyl adjacent to an activating group) is 1. The van der Waals surface area contributed by atoms with E-state index < -0.39 is 0 Å². The molecule has 24 heavy (non-hydrogen) atoms. The molecule has 0 fully saturated rings. The minimum atomic E-state index is -0.139. The summed E-state index contributed by atoms with van der Waals surface area (Å²) >= 11 is 3.23. The smallest absolute Gasteiger partial charge is 0.244 e. The standard InChI is InChI=1S/C19H23BrN2O2/c1-4-14-5-7-15(8-6-14)17(22(2)3)13-21-19(23)12-10-16-9-11-18(20)24-16/h5-12,17H,4,13H2,1-3H3,(H,21,23)/b12-10+. The van der Waals surface area contributed by atoms with Crippen LogP contribution < -0.4 is 5.32 Å². The van der Waals surface area contributed by atoms with Crippen LogP contribution in [0.5, 0.6) is 0 Å². The van der Waals surface area contributed by atoms with Crippen molar-refractivity contribution in [1.29, 1.82) is 0 Å². The Morgan fingerprint density at radius 1 is 1.25 bits per heavy atom. The minimum Gasteiger partial charge on any atom is -0.450 e. The third kappa shape index (κ3) is 5.35. The Bertz CT molecular complexity index is 690. The van der Waals surface area contributed by atoms with Crippen molar-refractivity contribution in [2.75, 3.05) is 20.6 Å². The molecule has 0 aliphatic rings. The number of rotatable bonds is 7. The van der Waals surface area contributed by atoms with Crippen molar-refractivity contribution in [3.63, 3.8) is 0 Å². The number of carbonyl (C=O) groups is 1. The number of furan rings is 1. The van der Waals surface area contributed by atoms with Crippen LogP contribution >= 0.6 is 15.9 Å². The summed E-state index contributed by atoms with van der Waals surface area (Å²) in [7, 11) is 4.03. The first kappa shape index (κ1) is 18.5. The first-order chi connectivity index (χ1) is 11.5. The first-order valence-corrected chi connectivity index (χ1v) is 8.75. The maximum atomic E-state index is 12.0. The lowest BCUT2D eigenvalue weighted by Gasteiger charge is -2.25. The molecule has 0 bridgehead atoms. The van der Waals surface area contributed by atoms with Gasteiger partial charge in [0.05, 0.1) is 6.04 Å². The molecule has 1 atom stereocenters. The summed E-state index contributed by atoms with van der Waals surface area (Å²) in [6.45, 7) is 2.69. The number of aryl methyl sites for hydroxylation is 1. The lowest BCUT2D eigenvalue weighted by molar-refractivity contribution is -0.116. The van der Waals surface area contributed by atoms with Crippen LogP contribution in [0.4, 0.5) is 0 Å². The monoisotopic (exact) mass is 390 g/mol. The van der Waals surface area contributed by atoms with E-state index in [0.29, 0.717) is 17.0 Å². The van der Waals surface area contributed by atoms with Gasteiger partial charge in [-0.3, -0.25) is 4.79 Å². The van der Waals surface area contributed by atoms with Crippen LogP contribution in [-0.4, -0.2) is 31.4 Å². The molecule has 0 aliphatic carbocycles. The fourth-order valence-electron chi connectivity index (χ4n) is 2.41. The summed E-state index contributed by atoms with van der Waals surface area (Å²) in [5.74, 6) is 0.496. The van der Waals surface area contributed by atoms with E-state index in [2.05, 4.69) is 57.3 Å². The highest BCUT2D eigenvalue weighted by Gasteiger charge is 2.14. The van der Waals surface area contributed by atoms with Crippen LogP contribution in [0, 0.1) is 0 Å². The average Bonchev–Trinajstić information content (AvgIpc) is 2.99. The number of hydrogen-bond donors (Lipinski definition) is 1. The van der Waals surface area contributed by atoms with Crippen molar-refractivity contribution in [3.05, 3.63) is 64.0 Å². The zero-order chi connectivity index (χ0) is 17.5. The van der Waals surface area contributed by atoms with Gasteiger partial charge in [-0.05, 0) is 65.8 Å². The summed E-state index contributed by atoms with van der Waals surface area (Å²) in [5.41, 5.74) is 2.50. The fourth-order valence-corrected chi connectivity index (χ4v) is 2.73. The van der Waals surface area contributed by atoms with E-state index >= 15 is 0 Å². The van der Waals surface area contributed by atoms with Gasteiger partial charge in [-0.15, -0.1) is 0 Å². The number of nitrogens with zero attached hydrogens (tertiary/aromatic N) is 1. The Morgan fingerprint density at radius 2 is 1.96 bits per heavy atom. The van der Waals surface area contributed by atoms with Crippen LogP contribution in [-0.2, 0) is 11.2 Å². The summed E-state index contributed by atoms with van der Waals surface area (Å²) in [6.07, 6.45) is 4.16. The average molecular weight is 391 g/mol. The predicted octanol–water partition coefficient (Wildman–Crippen LogP) is 4.04. The van der Waals surface area contributed by atoms with Crippen LogP contribution in [0.3, 0.4) is 0 Å². The van der Waals surface area contributed by atoms with Crippen LogP contribution in [0.2, 0.25) is 0 Å². The van der Waals surface area contributed by atoms with E-state index in [1.165, 1.54) is 17.2 Å². The molecule has 4 nitrogen and oxygen atoms in total. The van der Waals surface area contributed by atoms with E-state index in [4.69, 9.17) is 4.42 Å². The van der Waals surface area contributed by atoms with E-state index in [0.717, 1.165) is 6.42 Å². The number of halogens is 1. The van der Waals surface area contributed by atoms with Gasteiger partial charge in [0.25, 0.3) is 0 Å². The molecule has 1 heterocycles. The number of nitrogens with one attached hydrogen (secondary N) is 1. The van der Waals surface area contributed by atoms with E-state index in [1.807, 2.05) is 14.1 Å². The number of benzene rings is 1. The number of carbonyl (C=O) groups excluding carboxylic acids is 1. The lowest BCUT2D eigenvalue weighted by Crippen LogP contribution is -2.33. The molecule has 1 aromatic heterocycles. The highest BCUT2D eigenvalue weighted by molar-refractivity contribution is 9.10. The third-order valence-corrected chi connectivity index (χ3v) is 4.28. The highest BCUT2D eigenvalue weighted by atomic mass is 79.9. The molecular formula is C19H23BrN2O2. The molecule has 2 aromatic rings. The van der Waals surface area contributed by atoms with Gasteiger partial charge < -0.3 is 14.6 Å². The fraction of sp³-hybridized carbons (Fsp3) is 0.316. The molecule has 5 heteroatoms. The van der Waals surface area contributed by atoms with Gasteiger partial charge in [-0.1, -0.05) is 31.2 Å². The van der Waals surface area contributed by atoms with Gasteiger partial charge in [0.2, 0.25) is 5.91 Å². The molecule has 1 N–H and O–H groups in total. The molecule has 1 amide bonds. The molecule has 0 saturated heterocycles. The second-order valence-corrected chi connectivity index (χ2v) is 6.58. The molecule has 2 rings (SSSR count). The summed E-state index contributed by atoms with van der Waals surface area (Å²) in [5, 5.41) is 2.95. The van der Waals surface area contributed by atoms with Crippen LogP contribution in [0.25, 0.3) is 6.08 Å². The molecule has 0 spiro atoms. The molecule has 0 radical (unpaired) electrons. The van der Waals surface area contributed by atoms with Crippen molar-refractivity contribution in [3.8, 4) is 0 Å². The van der Waals surface area contributed by atoms with Crippen molar-refractivity contribution in [2.24, 2.45) is 0 Å². The lowest BCUT2D eigenvalue weighted by atomic mass is 10.0. The van der Waals surface area contributed by atoms with Crippen molar-refractivity contribution in [1.82, 2.24) is 10.2 Å². The largest absolute Gasteiger partial charge is 0.450 e. The van der Waals surface area contributed by atoms with Gasteiger partial charge in [-0.25, -0.2) is 0 Å². The summed E-state index contributed by atoms with van der Waals surface area (Å²) in [6, 6.07) is 12.3. The molecule has 1 unspecified atom stereocenters. The maximum Gasteiger partial charge on any atom is 0.244 e. The molecule has 128 valence electrons. The zero-order valence-electron chi connectivity index (χ0n) is 14.3. The van der Waals surface area contributed by atoms with Gasteiger partial charge in [0.15, 0.2) is 4.67 Å². The van der Waals surface area contributed by atoms with Crippen LogP contribution in [0.1, 0.15) is 29.9 Å². The van der Waals surface area contributed by atoms with Gasteiger partial charge >= 0.3 is 0 Å². The SMILES string of the molecule is CCc1ccc(C(CNC(=O)/C=C/c2ccc(Br)o2)N(C)C)cc1. The van der Waals surface area contributed by atoms with Crippen molar-refractivity contribution in [2.45, 2.75) is 19.4 Å². The maximum absolute atomic E-state index is 12.0. The first-order valence-electron chi connectivity index (χ1n) is 7.96. The Labute approximate surface area is 151 Å². The Balaban J connectivity index is 1.95. The number of amides is 1. The van der Waals surface area contributed by atoms with E-state index in [-0.39, 0.29) is 11.9 Å². The third-order valence-electron chi connectivity index (χ3n) is 3.86. The van der Waals surface area contributed by atoms with E-state index in [9.17, 15) is 4.79 Å². The molecule has 1 aromatic carbocycles. The molecule has 0 aliphatic heterocycles. The normalized spacial score (nSPS) is 12.7. The number of hydrogen-bond acceptors (Lipinski definition) is 3. The predicted molar refractivity (Wildman–Crippen MR) is 101 cm³/mol.